The van der Waals surface area contributed by atoms with Gasteiger partial charge in [-0.2, -0.15) is 0 Å². The van der Waals surface area contributed by atoms with E-state index in [-0.39, 0.29) is 11.5 Å². The van der Waals surface area contributed by atoms with E-state index in [4.69, 9.17) is 4.74 Å². The molecule has 128 valence electrons. The van der Waals surface area contributed by atoms with Gasteiger partial charge in [-0.25, -0.2) is 4.79 Å². The van der Waals surface area contributed by atoms with Crippen molar-refractivity contribution >= 4 is 12.1 Å². The van der Waals surface area contributed by atoms with Gasteiger partial charge in [0.2, 0.25) is 0 Å². The second kappa shape index (κ2) is 6.88. The van der Waals surface area contributed by atoms with E-state index in [2.05, 4.69) is 5.32 Å². The number of aliphatic carboxylic acids is 1. The molecule has 0 saturated heterocycles. The van der Waals surface area contributed by atoms with Gasteiger partial charge in [-0.1, -0.05) is 13.8 Å². The number of alkyl carbamates (subject to hydrolysis) is 1. The van der Waals surface area contributed by atoms with E-state index in [1.165, 1.54) is 0 Å². The summed E-state index contributed by atoms with van der Waals surface area (Å²) in [6.45, 7) is 10.1. The summed E-state index contributed by atoms with van der Waals surface area (Å²) >= 11 is 0. The third kappa shape index (κ3) is 4.37. The van der Waals surface area contributed by atoms with Crippen LogP contribution in [0.4, 0.5) is 4.79 Å². The molecule has 3 aliphatic rings. The van der Waals surface area contributed by atoms with Crippen LogP contribution in [0.25, 0.3) is 0 Å². The first-order chi connectivity index (χ1) is 10.2. The first kappa shape index (κ1) is 18.8. The number of hydrogen-bond donors (Lipinski definition) is 2. The zero-order chi connectivity index (χ0) is 17.0. The van der Waals surface area contributed by atoms with Crippen molar-refractivity contribution in [3.8, 4) is 0 Å². The van der Waals surface area contributed by atoms with Crippen LogP contribution in [0, 0.1) is 10.8 Å². The molecule has 3 aliphatic carbocycles. The second-order valence-corrected chi connectivity index (χ2v) is 7.44. The molecule has 0 aromatic heterocycles. The van der Waals surface area contributed by atoms with Crippen molar-refractivity contribution in [1.82, 2.24) is 5.32 Å². The van der Waals surface area contributed by atoms with Crippen molar-refractivity contribution in [1.29, 1.82) is 0 Å². The average molecular weight is 313 g/mol. The molecule has 5 nitrogen and oxygen atoms in total. The number of carbonyl (C=O) groups excluding carboxylic acids is 1. The first-order valence-corrected chi connectivity index (χ1v) is 8.37. The third-order valence-corrected chi connectivity index (χ3v) is 4.86. The summed E-state index contributed by atoms with van der Waals surface area (Å²) in [6, 6.07) is 0. The summed E-state index contributed by atoms with van der Waals surface area (Å²) in [4.78, 5) is 23.1. The summed E-state index contributed by atoms with van der Waals surface area (Å²) in [5.41, 5.74) is -0.902. The van der Waals surface area contributed by atoms with Gasteiger partial charge in [-0.3, -0.25) is 4.79 Å². The minimum Gasteiger partial charge on any atom is -0.481 e. The number of ether oxygens (including phenoxy) is 1. The van der Waals surface area contributed by atoms with Crippen molar-refractivity contribution in [2.45, 2.75) is 78.7 Å². The lowest BCUT2D eigenvalue weighted by Crippen LogP contribution is -2.50. The lowest BCUT2D eigenvalue weighted by atomic mass is 9.54. The lowest BCUT2D eigenvalue weighted by Gasteiger charge is -2.51. The van der Waals surface area contributed by atoms with Gasteiger partial charge in [0.05, 0.1) is 5.41 Å². The summed E-state index contributed by atoms with van der Waals surface area (Å²) in [5, 5.41) is 12.2. The summed E-state index contributed by atoms with van der Waals surface area (Å²) < 4.78 is 5.24. The Kier molecular flexibility index (Phi) is 5.88. The number of fused-ring (bicyclic) bond motifs is 3. The third-order valence-electron chi connectivity index (χ3n) is 4.86. The number of carboxylic acids is 1. The van der Waals surface area contributed by atoms with Crippen LogP contribution in [-0.2, 0) is 9.53 Å². The van der Waals surface area contributed by atoms with Crippen molar-refractivity contribution in [3.05, 3.63) is 0 Å². The average Bonchev–Trinajstić information content (AvgIpc) is 2.47. The SMILES string of the molecule is CC.CC(C)(C)OC(=O)NCC12CCC(C(=O)O)(CC1)CC2. The normalized spacial score (nSPS) is 30.0. The maximum absolute atomic E-state index is 11.7. The maximum atomic E-state index is 11.7. The van der Waals surface area contributed by atoms with E-state index >= 15 is 0 Å². The molecule has 2 N–H and O–H groups in total. The molecule has 0 aliphatic heterocycles. The van der Waals surface area contributed by atoms with E-state index in [1.807, 2.05) is 34.6 Å². The Hall–Kier alpha value is -1.26. The molecule has 3 rings (SSSR count). The van der Waals surface area contributed by atoms with E-state index in [1.54, 1.807) is 0 Å². The van der Waals surface area contributed by atoms with Gasteiger partial charge in [0.25, 0.3) is 0 Å². The van der Waals surface area contributed by atoms with E-state index in [0.29, 0.717) is 6.54 Å². The van der Waals surface area contributed by atoms with Crippen molar-refractivity contribution in [2.24, 2.45) is 10.8 Å². The highest BCUT2D eigenvalue weighted by molar-refractivity contribution is 5.75. The summed E-state index contributed by atoms with van der Waals surface area (Å²) in [7, 11) is 0. The van der Waals surface area contributed by atoms with Gasteiger partial charge >= 0.3 is 12.1 Å². The Morgan fingerprint density at radius 3 is 1.86 bits per heavy atom. The quantitative estimate of drug-likeness (QED) is 0.827. The highest BCUT2D eigenvalue weighted by atomic mass is 16.6. The highest BCUT2D eigenvalue weighted by Gasteiger charge is 2.52. The number of nitrogens with one attached hydrogen (secondary N) is 1. The van der Waals surface area contributed by atoms with Crippen molar-refractivity contribution < 1.29 is 19.4 Å². The van der Waals surface area contributed by atoms with Gasteiger partial charge in [0, 0.05) is 6.54 Å². The molecule has 3 saturated carbocycles. The molecule has 3 fully saturated rings. The molecule has 0 heterocycles. The Balaban J connectivity index is 0.00000116. The summed E-state index contributed by atoms with van der Waals surface area (Å²) in [6.07, 6.45) is 4.47. The van der Waals surface area contributed by atoms with E-state index in [9.17, 15) is 14.7 Å². The number of rotatable bonds is 3. The molecule has 22 heavy (non-hydrogen) atoms. The minimum atomic E-state index is -0.647. The van der Waals surface area contributed by atoms with Gasteiger partial charge in [-0.15, -0.1) is 0 Å². The predicted molar refractivity (Wildman–Crippen MR) is 85.8 cm³/mol. The summed E-state index contributed by atoms with van der Waals surface area (Å²) in [5.74, 6) is -0.647. The Morgan fingerprint density at radius 1 is 1.05 bits per heavy atom. The second-order valence-electron chi connectivity index (χ2n) is 7.44. The molecule has 0 aromatic rings. The lowest BCUT2D eigenvalue weighted by molar-refractivity contribution is -0.158. The molecular weight excluding hydrogens is 282 g/mol. The smallest absolute Gasteiger partial charge is 0.407 e. The zero-order valence-corrected chi connectivity index (χ0v) is 14.6. The molecule has 0 atom stereocenters. The molecule has 0 spiro atoms. The molecule has 0 radical (unpaired) electrons. The maximum Gasteiger partial charge on any atom is 0.407 e. The minimum absolute atomic E-state index is 0.0775. The molecule has 2 bridgehead atoms. The molecule has 0 aromatic carbocycles. The number of amides is 1. The fourth-order valence-corrected chi connectivity index (χ4v) is 3.42. The van der Waals surface area contributed by atoms with E-state index in [0.717, 1.165) is 38.5 Å². The van der Waals surface area contributed by atoms with Gasteiger partial charge in [-0.05, 0) is 64.7 Å². The monoisotopic (exact) mass is 313 g/mol. The van der Waals surface area contributed by atoms with Gasteiger partial charge in [0.1, 0.15) is 5.60 Å². The van der Waals surface area contributed by atoms with Crippen LogP contribution in [0.1, 0.15) is 73.1 Å². The fraction of sp³-hybridized carbons (Fsp3) is 0.882. The largest absolute Gasteiger partial charge is 0.481 e. The number of hydrogen-bond acceptors (Lipinski definition) is 3. The number of carbonyl (C=O) groups is 2. The van der Waals surface area contributed by atoms with Crippen LogP contribution in [0.2, 0.25) is 0 Å². The van der Waals surface area contributed by atoms with Crippen LogP contribution in [0.5, 0.6) is 0 Å². The van der Waals surface area contributed by atoms with E-state index < -0.39 is 17.0 Å². The zero-order valence-electron chi connectivity index (χ0n) is 14.6. The van der Waals surface area contributed by atoms with Crippen LogP contribution in [-0.4, -0.2) is 29.3 Å². The van der Waals surface area contributed by atoms with Crippen LogP contribution < -0.4 is 5.32 Å². The molecular formula is C17H31NO4. The Labute approximate surface area is 133 Å². The topological polar surface area (TPSA) is 75.6 Å². The standard InChI is InChI=1S/C15H25NO4.C2H6/c1-13(2,3)20-12(19)16-10-14-4-7-15(8-5-14,9-6-14)11(17)18;1-2/h4-10H2,1-3H3,(H,16,19)(H,17,18);1-2H3. The van der Waals surface area contributed by atoms with Gasteiger partial charge < -0.3 is 15.2 Å². The van der Waals surface area contributed by atoms with Crippen molar-refractivity contribution in [2.75, 3.05) is 6.54 Å². The van der Waals surface area contributed by atoms with Crippen LogP contribution in [0.3, 0.4) is 0 Å². The Bertz CT molecular complexity index is 387. The van der Waals surface area contributed by atoms with Crippen LogP contribution in [0.15, 0.2) is 0 Å². The molecule has 0 unspecified atom stereocenters. The van der Waals surface area contributed by atoms with Crippen molar-refractivity contribution in [3.63, 3.8) is 0 Å². The number of carboxylic acid groups (broad SMARTS) is 1. The van der Waals surface area contributed by atoms with Crippen LogP contribution >= 0.6 is 0 Å². The highest BCUT2D eigenvalue weighted by Crippen LogP contribution is 2.56. The first-order valence-electron chi connectivity index (χ1n) is 8.37. The molecule has 1 amide bonds. The molecule has 5 heteroatoms. The Morgan fingerprint density at radius 2 is 1.50 bits per heavy atom. The van der Waals surface area contributed by atoms with Gasteiger partial charge in [0.15, 0.2) is 0 Å². The predicted octanol–water partition coefficient (Wildman–Crippen LogP) is 3.96. The fourth-order valence-electron chi connectivity index (χ4n) is 3.42.